The summed E-state index contributed by atoms with van der Waals surface area (Å²) in [5, 5.41) is 4.06. The molecule has 5 nitrogen and oxygen atoms in total. The van der Waals surface area contributed by atoms with E-state index in [0.29, 0.717) is 13.0 Å². The number of carbonyl (C=O) groups excluding carboxylic acids is 1. The maximum atomic E-state index is 12.0. The number of unbranched alkanes of at least 4 members (excludes halogenated alkanes) is 8. The predicted molar refractivity (Wildman–Crippen MR) is 116 cm³/mol. The SMILES string of the molecule is CCCCCCCCCCOc1ccc(C2=NOC(C(=O)OCCCC)C2)cc1. The van der Waals surface area contributed by atoms with Crippen molar-refractivity contribution in [2.24, 2.45) is 5.16 Å². The minimum Gasteiger partial charge on any atom is -0.494 e. The summed E-state index contributed by atoms with van der Waals surface area (Å²) in [6, 6.07) is 7.84. The molecule has 0 fully saturated rings. The van der Waals surface area contributed by atoms with E-state index in [2.05, 4.69) is 19.0 Å². The summed E-state index contributed by atoms with van der Waals surface area (Å²) in [7, 11) is 0. The first-order valence-electron chi connectivity index (χ1n) is 11.4. The molecule has 2 rings (SSSR count). The summed E-state index contributed by atoms with van der Waals surface area (Å²) in [4.78, 5) is 17.2. The number of hydrogen-bond acceptors (Lipinski definition) is 5. The van der Waals surface area contributed by atoms with Crippen LogP contribution in [0.1, 0.15) is 90.0 Å². The van der Waals surface area contributed by atoms with Crippen molar-refractivity contribution in [2.45, 2.75) is 90.6 Å². The summed E-state index contributed by atoms with van der Waals surface area (Å²) in [6.07, 6.45) is 12.0. The highest BCUT2D eigenvalue weighted by molar-refractivity contribution is 6.03. The van der Waals surface area contributed by atoms with Crippen molar-refractivity contribution in [1.29, 1.82) is 0 Å². The Balaban J connectivity index is 1.62. The standard InChI is InChI=1S/C24H37NO4/c1-3-5-7-8-9-10-11-12-18-27-21-15-13-20(14-16-21)22-19-23(29-25-22)24(26)28-17-6-4-2/h13-16,23H,3-12,17-19H2,1-2H3. The minimum absolute atomic E-state index is 0.331. The summed E-state index contributed by atoms with van der Waals surface area (Å²) in [5.74, 6) is 0.536. The lowest BCUT2D eigenvalue weighted by atomic mass is 10.1. The van der Waals surface area contributed by atoms with E-state index in [4.69, 9.17) is 14.3 Å². The molecular formula is C24H37NO4. The number of ether oxygens (including phenoxy) is 2. The van der Waals surface area contributed by atoms with E-state index in [0.717, 1.165) is 42.9 Å². The molecule has 0 aromatic heterocycles. The fourth-order valence-corrected chi connectivity index (χ4v) is 3.25. The van der Waals surface area contributed by atoms with Gasteiger partial charge in [-0.1, -0.05) is 70.4 Å². The van der Waals surface area contributed by atoms with Gasteiger partial charge in [0.2, 0.25) is 6.10 Å². The van der Waals surface area contributed by atoms with Gasteiger partial charge in [0.15, 0.2) is 0 Å². The van der Waals surface area contributed by atoms with Crippen LogP contribution < -0.4 is 4.74 Å². The molecule has 0 saturated carbocycles. The molecule has 0 aliphatic carbocycles. The van der Waals surface area contributed by atoms with E-state index >= 15 is 0 Å². The molecule has 0 spiro atoms. The normalized spacial score (nSPS) is 15.7. The average molecular weight is 404 g/mol. The Bertz CT molecular complexity index is 612. The molecule has 0 amide bonds. The first kappa shape index (κ1) is 23.2. The number of carbonyl (C=O) groups is 1. The summed E-state index contributed by atoms with van der Waals surface area (Å²) in [5.41, 5.74) is 1.73. The third-order valence-electron chi connectivity index (χ3n) is 5.13. The van der Waals surface area contributed by atoms with Gasteiger partial charge < -0.3 is 14.3 Å². The van der Waals surface area contributed by atoms with Gasteiger partial charge in [-0.05, 0) is 42.7 Å². The smallest absolute Gasteiger partial charge is 0.350 e. The Morgan fingerprint density at radius 2 is 1.59 bits per heavy atom. The highest BCUT2D eigenvalue weighted by Gasteiger charge is 2.30. The van der Waals surface area contributed by atoms with Crippen LogP contribution in [0.2, 0.25) is 0 Å². The second kappa shape index (κ2) is 14.0. The monoisotopic (exact) mass is 403 g/mol. The zero-order valence-corrected chi connectivity index (χ0v) is 18.2. The van der Waals surface area contributed by atoms with Crippen LogP contribution in [0, 0.1) is 0 Å². The molecule has 0 saturated heterocycles. The summed E-state index contributed by atoms with van der Waals surface area (Å²) < 4.78 is 11.0. The van der Waals surface area contributed by atoms with E-state index in [1.807, 2.05) is 24.3 Å². The van der Waals surface area contributed by atoms with Gasteiger partial charge in [-0.2, -0.15) is 0 Å². The van der Waals surface area contributed by atoms with Gasteiger partial charge in [0.25, 0.3) is 0 Å². The predicted octanol–water partition coefficient (Wildman–Crippen LogP) is 6.04. The molecule has 0 N–H and O–H groups in total. The quantitative estimate of drug-likeness (QED) is 0.264. The van der Waals surface area contributed by atoms with E-state index in [1.54, 1.807) is 0 Å². The lowest BCUT2D eigenvalue weighted by molar-refractivity contribution is -0.155. The zero-order chi connectivity index (χ0) is 20.7. The molecule has 162 valence electrons. The van der Waals surface area contributed by atoms with Gasteiger partial charge in [-0.15, -0.1) is 0 Å². The van der Waals surface area contributed by atoms with Crippen molar-refractivity contribution in [3.05, 3.63) is 29.8 Å². The van der Waals surface area contributed by atoms with Crippen molar-refractivity contribution >= 4 is 11.7 Å². The number of nitrogens with zero attached hydrogens (tertiary/aromatic N) is 1. The first-order valence-corrected chi connectivity index (χ1v) is 11.4. The Morgan fingerprint density at radius 1 is 0.931 bits per heavy atom. The minimum atomic E-state index is -0.625. The lowest BCUT2D eigenvalue weighted by Gasteiger charge is -2.08. The number of hydrogen-bond donors (Lipinski definition) is 0. The second-order valence-electron chi connectivity index (χ2n) is 7.70. The van der Waals surface area contributed by atoms with Crippen LogP contribution in [-0.4, -0.2) is 31.0 Å². The van der Waals surface area contributed by atoms with Crippen molar-refractivity contribution < 1.29 is 19.1 Å². The van der Waals surface area contributed by atoms with Crippen molar-refractivity contribution in [2.75, 3.05) is 13.2 Å². The molecule has 1 aromatic carbocycles. The van der Waals surface area contributed by atoms with E-state index in [9.17, 15) is 4.79 Å². The number of oxime groups is 1. The van der Waals surface area contributed by atoms with Gasteiger partial charge in [-0.25, -0.2) is 4.79 Å². The summed E-state index contributed by atoms with van der Waals surface area (Å²) >= 11 is 0. The fraction of sp³-hybridized carbons (Fsp3) is 0.667. The van der Waals surface area contributed by atoms with Crippen LogP contribution >= 0.6 is 0 Å². The molecular weight excluding hydrogens is 366 g/mol. The molecule has 0 radical (unpaired) electrons. The van der Waals surface area contributed by atoms with E-state index in [-0.39, 0.29) is 5.97 Å². The average Bonchev–Trinajstić information content (AvgIpc) is 3.23. The van der Waals surface area contributed by atoms with Gasteiger partial charge in [0, 0.05) is 6.42 Å². The molecule has 0 bridgehead atoms. The Labute approximate surface area is 175 Å². The number of esters is 1. The van der Waals surface area contributed by atoms with E-state index < -0.39 is 6.10 Å². The Morgan fingerprint density at radius 3 is 2.28 bits per heavy atom. The Hall–Kier alpha value is -2.04. The Kier molecular flexibility index (Phi) is 11.2. The van der Waals surface area contributed by atoms with Gasteiger partial charge in [-0.3, -0.25) is 0 Å². The molecule has 1 unspecified atom stereocenters. The maximum Gasteiger partial charge on any atom is 0.350 e. The molecule has 1 aromatic rings. The van der Waals surface area contributed by atoms with Gasteiger partial charge in [0.1, 0.15) is 5.75 Å². The van der Waals surface area contributed by atoms with Crippen molar-refractivity contribution in [3.8, 4) is 5.75 Å². The second-order valence-corrected chi connectivity index (χ2v) is 7.70. The van der Waals surface area contributed by atoms with Crippen molar-refractivity contribution in [1.82, 2.24) is 0 Å². The third-order valence-corrected chi connectivity index (χ3v) is 5.13. The number of benzene rings is 1. The van der Waals surface area contributed by atoms with Crippen LogP contribution in [0.5, 0.6) is 5.75 Å². The lowest BCUT2D eigenvalue weighted by Crippen LogP contribution is -2.24. The number of rotatable bonds is 15. The van der Waals surface area contributed by atoms with Crippen molar-refractivity contribution in [3.63, 3.8) is 0 Å². The maximum absolute atomic E-state index is 12.0. The first-order chi connectivity index (χ1) is 14.2. The zero-order valence-electron chi connectivity index (χ0n) is 18.2. The summed E-state index contributed by atoms with van der Waals surface area (Å²) in [6.45, 7) is 5.50. The van der Waals surface area contributed by atoms with Crippen LogP contribution in [0.3, 0.4) is 0 Å². The molecule has 1 aliphatic heterocycles. The van der Waals surface area contributed by atoms with Gasteiger partial charge in [0.05, 0.1) is 18.9 Å². The molecule has 1 atom stereocenters. The van der Waals surface area contributed by atoms with Crippen LogP contribution in [0.15, 0.2) is 29.4 Å². The van der Waals surface area contributed by atoms with Gasteiger partial charge >= 0.3 is 5.97 Å². The van der Waals surface area contributed by atoms with Crippen LogP contribution in [-0.2, 0) is 14.4 Å². The fourth-order valence-electron chi connectivity index (χ4n) is 3.25. The van der Waals surface area contributed by atoms with Crippen LogP contribution in [0.25, 0.3) is 0 Å². The largest absolute Gasteiger partial charge is 0.494 e. The molecule has 1 heterocycles. The van der Waals surface area contributed by atoms with Crippen LogP contribution in [0.4, 0.5) is 0 Å². The molecule has 1 aliphatic rings. The highest BCUT2D eigenvalue weighted by Crippen LogP contribution is 2.20. The topological polar surface area (TPSA) is 57.1 Å². The van der Waals surface area contributed by atoms with E-state index in [1.165, 1.54) is 44.9 Å². The molecule has 5 heteroatoms. The molecule has 29 heavy (non-hydrogen) atoms. The highest BCUT2D eigenvalue weighted by atomic mass is 16.7. The third kappa shape index (κ3) is 8.88.